The Labute approximate surface area is 187 Å². The molecule has 0 aliphatic carbocycles. The minimum atomic E-state index is -0.0689. The summed E-state index contributed by atoms with van der Waals surface area (Å²) in [5.41, 5.74) is 2.28. The number of halogens is 2. The van der Waals surface area contributed by atoms with Crippen molar-refractivity contribution >= 4 is 44.3 Å². The zero-order chi connectivity index (χ0) is 21.1. The summed E-state index contributed by atoms with van der Waals surface area (Å²) >= 11 is 9.85. The average molecular weight is 485 g/mol. The second kappa shape index (κ2) is 8.90. The summed E-state index contributed by atoms with van der Waals surface area (Å²) in [5, 5.41) is 9.23. The number of carbonyl (C=O) groups excluding carboxylic acids is 1. The lowest BCUT2D eigenvalue weighted by atomic mass is 10.1. The number of nitrogens with zero attached hydrogens (tertiary/aromatic N) is 2. The van der Waals surface area contributed by atoms with E-state index in [1.807, 2.05) is 54.6 Å². The summed E-state index contributed by atoms with van der Waals surface area (Å²) in [5.74, 6) is 0.699. The number of rotatable bonds is 7. The van der Waals surface area contributed by atoms with Crippen LogP contribution in [0, 0.1) is 5.41 Å². The smallest absolute Gasteiger partial charge is 0.203 e. The Bertz CT molecular complexity index is 1250. The van der Waals surface area contributed by atoms with Crippen molar-refractivity contribution in [3.05, 3.63) is 93.5 Å². The van der Waals surface area contributed by atoms with Gasteiger partial charge in [-0.3, -0.25) is 10.2 Å². The number of hydrogen-bond acceptors (Lipinski definition) is 3. The zero-order valence-corrected chi connectivity index (χ0v) is 18.4. The molecule has 0 radical (unpaired) electrons. The molecule has 0 aliphatic heterocycles. The van der Waals surface area contributed by atoms with E-state index >= 15 is 0 Å². The van der Waals surface area contributed by atoms with Crippen LogP contribution in [0.1, 0.15) is 10.4 Å². The number of ether oxygens (including phenoxy) is 1. The van der Waals surface area contributed by atoms with E-state index in [0.717, 1.165) is 21.3 Å². The molecule has 152 valence electrons. The molecule has 0 unspecified atom stereocenters. The molecule has 5 nitrogen and oxygen atoms in total. The Balaban J connectivity index is 1.64. The van der Waals surface area contributed by atoms with Gasteiger partial charge >= 0.3 is 0 Å². The van der Waals surface area contributed by atoms with Crippen molar-refractivity contribution in [2.45, 2.75) is 13.1 Å². The first kappa shape index (κ1) is 20.4. The number of nitrogens with one attached hydrogen (secondary N) is 1. The van der Waals surface area contributed by atoms with E-state index in [9.17, 15) is 4.79 Å². The summed E-state index contributed by atoms with van der Waals surface area (Å²) in [6, 6.07) is 22.2. The van der Waals surface area contributed by atoms with Crippen molar-refractivity contribution in [3.63, 3.8) is 0 Å². The topological polar surface area (TPSA) is 60.0 Å². The first-order chi connectivity index (χ1) is 14.5. The Morgan fingerprint density at radius 3 is 2.43 bits per heavy atom. The fourth-order valence-corrected chi connectivity index (χ4v) is 3.91. The predicted octanol–water partition coefficient (Wildman–Crippen LogP) is 5.30. The van der Waals surface area contributed by atoms with Crippen LogP contribution in [-0.2, 0) is 13.1 Å². The molecule has 4 rings (SSSR count). The molecule has 3 aromatic carbocycles. The van der Waals surface area contributed by atoms with Crippen LogP contribution in [0.25, 0.3) is 11.0 Å². The molecule has 1 aromatic heterocycles. The molecule has 4 aromatic rings. The van der Waals surface area contributed by atoms with Gasteiger partial charge in [-0.2, -0.15) is 0 Å². The molecular weight excluding hydrogens is 466 g/mol. The van der Waals surface area contributed by atoms with Crippen molar-refractivity contribution in [2.24, 2.45) is 0 Å². The number of carbonyl (C=O) groups is 1. The second-order valence-electron chi connectivity index (χ2n) is 6.76. The van der Waals surface area contributed by atoms with Crippen molar-refractivity contribution in [1.82, 2.24) is 9.13 Å². The van der Waals surface area contributed by atoms with Crippen molar-refractivity contribution in [2.75, 3.05) is 6.61 Å². The number of Topliss-reactive ketones (excluding diaryl/α,β-unsaturated/α-hetero) is 1. The van der Waals surface area contributed by atoms with E-state index in [1.54, 1.807) is 27.3 Å². The van der Waals surface area contributed by atoms with Crippen LogP contribution in [0.4, 0.5) is 0 Å². The lowest BCUT2D eigenvalue weighted by Gasteiger charge is -2.08. The largest absolute Gasteiger partial charge is 0.492 e. The average Bonchev–Trinajstić information content (AvgIpc) is 3.02. The third-order valence-electron chi connectivity index (χ3n) is 4.83. The summed E-state index contributed by atoms with van der Waals surface area (Å²) in [6.07, 6.45) is 0. The minimum Gasteiger partial charge on any atom is -0.492 e. The van der Waals surface area contributed by atoms with Crippen LogP contribution in [0.3, 0.4) is 0 Å². The van der Waals surface area contributed by atoms with E-state index in [4.69, 9.17) is 21.7 Å². The number of ketones is 1. The van der Waals surface area contributed by atoms with Crippen molar-refractivity contribution in [1.29, 1.82) is 5.41 Å². The van der Waals surface area contributed by atoms with Crippen LogP contribution in [-0.4, -0.2) is 21.5 Å². The number of benzene rings is 3. The molecule has 0 amide bonds. The first-order valence-electron chi connectivity index (χ1n) is 9.43. The van der Waals surface area contributed by atoms with Gasteiger partial charge in [-0.1, -0.05) is 63.9 Å². The molecule has 1 heterocycles. The van der Waals surface area contributed by atoms with E-state index in [1.165, 1.54) is 0 Å². The van der Waals surface area contributed by atoms with Crippen LogP contribution < -0.4 is 10.4 Å². The highest BCUT2D eigenvalue weighted by Gasteiger charge is 2.16. The Morgan fingerprint density at radius 2 is 1.70 bits per heavy atom. The fraction of sp³-hybridized carbons (Fsp3) is 0.130. The molecule has 0 aliphatic rings. The monoisotopic (exact) mass is 483 g/mol. The Hall–Kier alpha value is -2.83. The van der Waals surface area contributed by atoms with Crippen LogP contribution in [0.5, 0.6) is 5.75 Å². The first-order valence-corrected chi connectivity index (χ1v) is 10.6. The normalized spacial score (nSPS) is 11.0. The Kier molecular flexibility index (Phi) is 6.06. The molecule has 0 saturated carbocycles. The van der Waals surface area contributed by atoms with E-state index < -0.39 is 0 Å². The molecule has 0 spiro atoms. The number of para-hydroxylation sites is 2. The molecule has 0 saturated heterocycles. The molecule has 7 heteroatoms. The standard InChI is InChI=1S/C23H19BrClN3O2/c24-17-11-9-16(10-12-17)21(29)15-28-20-8-4-7-19(25)22(20)27(23(28)26)13-14-30-18-5-2-1-3-6-18/h1-12,26H,13-15H2. The third kappa shape index (κ3) is 4.20. The zero-order valence-electron chi connectivity index (χ0n) is 16.0. The van der Waals surface area contributed by atoms with Crippen molar-refractivity contribution in [3.8, 4) is 5.75 Å². The van der Waals surface area contributed by atoms with Gasteiger partial charge in [0.05, 0.1) is 29.1 Å². The van der Waals surface area contributed by atoms with Gasteiger partial charge in [-0.15, -0.1) is 0 Å². The van der Waals surface area contributed by atoms with Crippen molar-refractivity contribution < 1.29 is 9.53 Å². The van der Waals surface area contributed by atoms with Gasteiger partial charge in [-0.25, -0.2) is 0 Å². The van der Waals surface area contributed by atoms with Gasteiger partial charge in [0.25, 0.3) is 0 Å². The third-order valence-corrected chi connectivity index (χ3v) is 5.67. The molecular formula is C23H19BrClN3O2. The van der Waals surface area contributed by atoms with E-state index in [2.05, 4.69) is 15.9 Å². The lowest BCUT2D eigenvalue weighted by Crippen LogP contribution is -2.28. The molecule has 30 heavy (non-hydrogen) atoms. The Morgan fingerprint density at radius 1 is 0.967 bits per heavy atom. The van der Waals surface area contributed by atoms with Crippen LogP contribution >= 0.6 is 27.5 Å². The van der Waals surface area contributed by atoms with Gasteiger partial charge < -0.3 is 13.9 Å². The maximum atomic E-state index is 12.8. The van der Waals surface area contributed by atoms with E-state index in [0.29, 0.717) is 23.7 Å². The number of imidazole rings is 1. The molecule has 0 fully saturated rings. The molecule has 1 N–H and O–H groups in total. The number of hydrogen-bond donors (Lipinski definition) is 1. The van der Waals surface area contributed by atoms with Gasteiger partial charge in [0.1, 0.15) is 12.4 Å². The summed E-state index contributed by atoms with van der Waals surface area (Å²) in [7, 11) is 0. The highest BCUT2D eigenvalue weighted by atomic mass is 79.9. The van der Waals surface area contributed by atoms with Crippen LogP contribution in [0.15, 0.2) is 77.3 Å². The fourth-order valence-electron chi connectivity index (χ4n) is 3.37. The minimum absolute atomic E-state index is 0.0594. The number of fused-ring (bicyclic) bond motifs is 1. The molecule has 0 atom stereocenters. The number of aromatic nitrogens is 2. The summed E-state index contributed by atoms with van der Waals surface area (Å²) in [4.78, 5) is 12.8. The SMILES string of the molecule is N=c1n(CC(=O)c2ccc(Br)cc2)c2cccc(Cl)c2n1CCOc1ccccc1. The summed E-state index contributed by atoms with van der Waals surface area (Å²) < 4.78 is 10.2. The van der Waals surface area contributed by atoms with Crippen LogP contribution in [0.2, 0.25) is 5.02 Å². The second-order valence-corrected chi connectivity index (χ2v) is 8.08. The van der Waals surface area contributed by atoms with Gasteiger partial charge in [-0.05, 0) is 36.4 Å². The summed E-state index contributed by atoms with van der Waals surface area (Å²) in [6.45, 7) is 0.878. The highest BCUT2D eigenvalue weighted by molar-refractivity contribution is 9.10. The van der Waals surface area contributed by atoms with Gasteiger partial charge in [0.15, 0.2) is 5.78 Å². The maximum Gasteiger partial charge on any atom is 0.203 e. The molecule has 0 bridgehead atoms. The highest BCUT2D eigenvalue weighted by Crippen LogP contribution is 2.23. The predicted molar refractivity (Wildman–Crippen MR) is 121 cm³/mol. The van der Waals surface area contributed by atoms with Gasteiger partial charge in [0, 0.05) is 10.0 Å². The van der Waals surface area contributed by atoms with Gasteiger partial charge in [0.2, 0.25) is 5.62 Å². The quantitative estimate of drug-likeness (QED) is 0.362. The lowest BCUT2D eigenvalue weighted by molar-refractivity contribution is 0.0971. The maximum absolute atomic E-state index is 12.8. The van der Waals surface area contributed by atoms with E-state index in [-0.39, 0.29) is 17.9 Å².